The molecule has 1 heterocycles. The third-order valence-corrected chi connectivity index (χ3v) is 3.85. The smallest absolute Gasteiger partial charge is 0.260 e. The number of benzene rings is 1. The lowest BCUT2D eigenvalue weighted by atomic mass is 9.96. The van der Waals surface area contributed by atoms with Gasteiger partial charge in [0.25, 0.3) is 5.89 Å². The van der Waals surface area contributed by atoms with Crippen LogP contribution in [0.2, 0.25) is 5.02 Å². The van der Waals surface area contributed by atoms with E-state index in [1.807, 2.05) is 13.8 Å². The number of halogens is 1. The van der Waals surface area contributed by atoms with Crippen molar-refractivity contribution < 1.29 is 9.26 Å². The van der Waals surface area contributed by atoms with Crippen LogP contribution < -0.4 is 5.73 Å². The van der Waals surface area contributed by atoms with Gasteiger partial charge in [-0.15, -0.1) is 0 Å². The van der Waals surface area contributed by atoms with Gasteiger partial charge in [0, 0.05) is 17.8 Å². The van der Waals surface area contributed by atoms with E-state index in [-0.39, 0.29) is 0 Å². The molecule has 0 fully saturated rings. The molecule has 0 amide bonds. The number of anilines is 1. The monoisotopic (exact) mass is 295 g/mol. The maximum atomic E-state index is 5.98. The van der Waals surface area contributed by atoms with E-state index in [0.29, 0.717) is 28.0 Å². The molecule has 0 aliphatic rings. The largest absolute Gasteiger partial charge is 0.398 e. The second kappa shape index (κ2) is 5.81. The summed E-state index contributed by atoms with van der Waals surface area (Å²) in [6.45, 7) is 4.05. The van der Waals surface area contributed by atoms with Crippen molar-refractivity contribution in [1.82, 2.24) is 10.1 Å². The minimum absolute atomic E-state index is 0.350. The SMILES string of the molecule is CCC(CC)(OC)c1noc(-c2cc(Cl)ccc2N)n1. The van der Waals surface area contributed by atoms with Crippen molar-refractivity contribution in [2.24, 2.45) is 0 Å². The molecule has 0 aliphatic carbocycles. The number of methoxy groups -OCH3 is 1. The molecule has 0 unspecified atom stereocenters. The average molecular weight is 296 g/mol. The first-order chi connectivity index (χ1) is 9.56. The van der Waals surface area contributed by atoms with Gasteiger partial charge in [0.2, 0.25) is 5.82 Å². The Kier molecular flexibility index (Phi) is 4.30. The second-order valence-corrected chi connectivity index (χ2v) is 5.00. The first-order valence-corrected chi connectivity index (χ1v) is 6.88. The summed E-state index contributed by atoms with van der Waals surface area (Å²) >= 11 is 5.98. The van der Waals surface area contributed by atoms with Crippen LogP contribution in [0, 0.1) is 0 Å². The molecule has 1 aromatic heterocycles. The zero-order chi connectivity index (χ0) is 14.8. The van der Waals surface area contributed by atoms with Crippen LogP contribution in [-0.4, -0.2) is 17.3 Å². The number of ether oxygens (including phenoxy) is 1. The molecule has 2 rings (SSSR count). The van der Waals surface area contributed by atoms with Crippen molar-refractivity contribution in [3.05, 3.63) is 29.0 Å². The minimum Gasteiger partial charge on any atom is -0.398 e. The van der Waals surface area contributed by atoms with Gasteiger partial charge in [-0.1, -0.05) is 30.6 Å². The van der Waals surface area contributed by atoms with Gasteiger partial charge >= 0.3 is 0 Å². The predicted octanol–water partition coefficient (Wildman–Crippen LogP) is 3.63. The minimum atomic E-state index is -0.533. The lowest BCUT2D eigenvalue weighted by Gasteiger charge is -2.25. The third-order valence-electron chi connectivity index (χ3n) is 3.61. The molecule has 0 atom stereocenters. The molecule has 0 spiro atoms. The van der Waals surface area contributed by atoms with Crippen molar-refractivity contribution >= 4 is 17.3 Å². The number of hydrogen-bond acceptors (Lipinski definition) is 5. The van der Waals surface area contributed by atoms with Gasteiger partial charge in [-0.2, -0.15) is 4.98 Å². The van der Waals surface area contributed by atoms with Gasteiger partial charge in [-0.3, -0.25) is 0 Å². The molecule has 2 N–H and O–H groups in total. The van der Waals surface area contributed by atoms with Crippen LogP contribution in [0.1, 0.15) is 32.5 Å². The maximum Gasteiger partial charge on any atom is 0.260 e. The normalized spacial score (nSPS) is 11.8. The van der Waals surface area contributed by atoms with Crippen LogP contribution in [0.15, 0.2) is 22.7 Å². The van der Waals surface area contributed by atoms with Crippen LogP contribution in [-0.2, 0) is 10.3 Å². The van der Waals surface area contributed by atoms with Gasteiger partial charge in [-0.05, 0) is 31.0 Å². The van der Waals surface area contributed by atoms with E-state index in [1.165, 1.54) is 0 Å². The van der Waals surface area contributed by atoms with Gasteiger partial charge < -0.3 is 15.0 Å². The fourth-order valence-corrected chi connectivity index (χ4v) is 2.35. The van der Waals surface area contributed by atoms with Crippen molar-refractivity contribution in [3.8, 4) is 11.5 Å². The molecule has 108 valence electrons. The van der Waals surface area contributed by atoms with Crippen LogP contribution in [0.5, 0.6) is 0 Å². The van der Waals surface area contributed by atoms with E-state index in [1.54, 1.807) is 25.3 Å². The summed E-state index contributed by atoms with van der Waals surface area (Å²) in [5.74, 6) is 0.878. The Balaban J connectivity index is 2.45. The zero-order valence-corrected chi connectivity index (χ0v) is 12.6. The maximum absolute atomic E-state index is 5.98. The first kappa shape index (κ1) is 14.8. The van der Waals surface area contributed by atoms with E-state index < -0.39 is 5.60 Å². The average Bonchev–Trinajstić information content (AvgIpc) is 2.94. The van der Waals surface area contributed by atoms with E-state index >= 15 is 0 Å². The van der Waals surface area contributed by atoms with Crippen molar-refractivity contribution in [1.29, 1.82) is 0 Å². The molecule has 1 aromatic carbocycles. The van der Waals surface area contributed by atoms with Crippen LogP contribution >= 0.6 is 11.6 Å². The van der Waals surface area contributed by atoms with Crippen LogP contribution in [0.25, 0.3) is 11.5 Å². The van der Waals surface area contributed by atoms with Crippen LogP contribution in [0.3, 0.4) is 0 Å². The van der Waals surface area contributed by atoms with Crippen LogP contribution in [0.4, 0.5) is 5.69 Å². The Bertz CT molecular complexity index is 586. The van der Waals surface area contributed by atoms with E-state index in [9.17, 15) is 0 Å². The first-order valence-electron chi connectivity index (χ1n) is 6.51. The van der Waals surface area contributed by atoms with Crippen molar-refractivity contribution in [3.63, 3.8) is 0 Å². The lowest BCUT2D eigenvalue weighted by Crippen LogP contribution is -2.28. The molecule has 2 aromatic rings. The number of nitrogens with two attached hydrogens (primary N) is 1. The highest BCUT2D eigenvalue weighted by molar-refractivity contribution is 6.31. The second-order valence-electron chi connectivity index (χ2n) is 4.56. The third kappa shape index (κ3) is 2.51. The molecule has 5 nitrogen and oxygen atoms in total. The fourth-order valence-electron chi connectivity index (χ4n) is 2.18. The Morgan fingerprint density at radius 3 is 2.65 bits per heavy atom. The van der Waals surface area contributed by atoms with E-state index in [2.05, 4.69) is 10.1 Å². The van der Waals surface area contributed by atoms with Crippen molar-refractivity contribution in [2.45, 2.75) is 32.3 Å². The molecular weight excluding hydrogens is 278 g/mol. The van der Waals surface area contributed by atoms with Gasteiger partial charge in [-0.25, -0.2) is 0 Å². The predicted molar refractivity (Wildman–Crippen MR) is 78.4 cm³/mol. The number of nitrogens with zero attached hydrogens (tertiary/aromatic N) is 2. The topological polar surface area (TPSA) is 74.2 Å². The standard InChI is InChI=1S/C14H18ClN3O2/c1-4-14(5-2,19-3)13-17-12(20-18-13)10-8-9(15)6-7-11(10)16/h6-8H,4-5,16H2,1-3H3. The molecule has 0 radical (unpaired) electrons. The molecule has 6 heteroatoms. The summed E-state index contributed by atoms with van der Waals surface area (Å²) in [6.07, 6.45) is 1.51. The Morgan fingerprint density at radius 2 is 2.05 bits per heavy atom. The Labute approximate surface area is 123 Å². The fraction of sp³-hybridized carbons (Fsp3) is 0.429. The summed E-state index contributed by atoms with van der Waals surface area (Å²) in [4.78, 5) is 4.43. The number of hydrogen-bond donors (Lipinski definition) is 1. The zero-order valence-electron chi connectivity index (χ0n) is 11.8. The van der Waals surface area contributed by atoms with Gasteiger partial charge in [0.1, 0.15) is 5.60 Å². The Hall–Kier alpha value is -1.59. The van der Waals surface area contributed by atoms with E-state index in [4.69, 9.17) is 26.6 Å². The van der Waals surface area contributed by atoms with E-state index in [0.717, 1.165) is 12.8 Å². The molecule has 0 saturated heterocycles. The number of aromatic nitrogens is 2. The quantitative estimate of drug-likeness (QED) is 0.853. The number of rotatable bonds is 5. The molecule has 0 saturated carbocycles. The summed E-state index contributed by atoms with van der Waals surface area (Å²) in [6, 6.07) is 5.14. The molecule has 0 bridgehead atoms. The van der Waals surface area contributed by atoms with Crippen molar-refractivity contribution in [2.75, 3.05) is 12.8 Å². The Morgan fingerprint density at radius 1 is 1.35 bits per heavy atom. The molecular formula is C14H18ClN3O2. The van der Waals surface area contributed by atoms with Gasteiger partial charge in [0.05, 0.1) is 5.56 Å². The number of nitrogen functional groups attached to an aromatic ring is 1. The highest BCUT2D eigenvalue weighted by Gasteiger charge is 2.34. The summed E-state index contributed by atoms with van der Waals surface area (Å²) in [5.41, 5.74) is 6.56. The summed E-state index contributed by atoms with van der Waals surface area (Å²) < 4.78 is 10.9. The van der Waals surface area contributed by atoms with Gasteiger partial charge in [0.15, 0.2) is 0 Å². The summed E-state index contributed by atoms with van der Waals surface area (Å²) in [5, 5.41) is 4.61. The highest BCUT2D eigenvalue weighted by atomic mass is 35.5. The lowest BCUT2D eigenvalue weighted by molar-refractivity contribution is -0.0306. The summed E-state index contributed by atoms with van der Waals surface area (Å²) in [7, 11) is 1.65. The molecule has 20 heavy (non-hydrogen) atoms. The highest BCUT2D eigenvalue weighted by Crippen LogP contribution is 2.33. The molecule has 0 aliphatic heterocycles.